The third-order valence-corrected chi connectivity index (χ3v) is 4.92. The Bertz CT molecular complexity index is 787. The quantitative estimate of drug-likeness (QED) is 0.203. The Morgan fingerprint density at radius 2 is 1.89 bits per heavy atom. The molecule has 0 unspecified atom stereocenters. The minimum Gasteiger partial charge on any atom is -0.501 e. The number of amides is 1. The number of ketones is 2. The molecule has 6 nitrogen and oxygen atoms in total. The maximum atomic E-state index is 13.2. The summed E-state index contributed by atoms with van der Waals surface area (Å²) >= 11 is 12.4. The van der Waals surface area contributed by atoms with Crippen LogP contribution in [-0.2, 0) is 14.3 Å². The van der Waals surface area contributed by atoms with E-state index in [1.54, 1.807) is 13.8 Å². The predicted octanol–water partition coefficient (Wildman–Crippen LogP) is 4.67. The second-order valence-electron chi connectivity index (χ2n) is 5.93. The van der Waals surface area contributed by atoms with Crippen LogP contribution in [0.3, 0.4) is 0 Å². The van der Waals surface area contributed by atoms with Crippen LogP contribution < -0.4 is 4.90 Å². The first-order chi connectivity index (χ1) is 12.9. The van der Waals surface area contributed by atoms with Crippen molar-refractivity contribution in [1.82, 2.24) is 0 Å². The molecule has 1 aliphatic carbocycles. The summed E-state index contributed by atoms with van der Waals surface area (Å²) in [7, 11) is 1.22. The van der Waals surface area contributed by atoms with Gasteiger partial charge in [-0.15, -0.1) is 0 Å². The van der Waals surface area contributed by atoms with Crippen molar-refractivity contribution >= 4 is 46.5 Å². The van der Waals surface area contributed by atoms with E-state index in [4.69, 9.17) is 32.7 Å². The number of Topliss-reactive ketones (excluding diaryl/α,β-unsaturated/α-hetero) is 2. The van der Waals surface area contributed by atoms with Gasteiger partial charge in [0.2, 0.25) is 5.78 Å². The number of hydrogen-bond donors (Lipinski definition) is 0. The van der Waals surface area contributed by atoms with E-state index < -0.39 is 11.9 Å². The van der Waals surface area contributed by atoms with Gasteiger partial charge in [-0.2, -0.15) is 0 Å². The summed E-state index contributed by atoms with van der Waals surface area (Å²) in [6, 6.07) is 2.89. The molecule has 27 heavy (non-hydrogen) atoms. The molecular weight excluding hydrogens is 393 g/mol. The fraction of sp³-hybridized carbons (Fsp3) is 0.421. The summed E-state index contributed by atoms with van der Waals surface area (Å²) in [5, 5.41) is 0.207. The van der Waals surface area contributed by atoms with E-state index in [0.717, 1.165) is 12.8 Å². The van der Waals surface area contributed by atoms with Gasteiger partial charge in [-0.3, -0.25) is 14.5 Å². The molecule has 1 amide bonds. The first-order valence-electron chi connectivity index (χ1n) is 8.61. The highest BCUT2D eigenvalue weighted by molar-refractivity contribution is 6.45. The maximum absolute atomic E-state index is 13.2. The Morgan fingerprint density at radius 1 is 1.22 bits per heavy atom. The highest BCUT2D eigenvalue weighted by Crippen LogP contribution is 2.39. The average molecular weight is 414 g/mol. The number of rotatable bonds is 8. The normalized spacial score (nSPS) is 13.9. The molecule has 1 aliphatic rings. The van der Waals surface area contributed by atoms with Gasteiger partial charge in [-0.25, -0.2) is 4.79 Å². The molecule has 0 N–H and O–H groups in total. The van der Waals surface area contributed by atoms with Crippen molar-refractivity contribution in [2.24, 2.45) is 5.92 Å². The standard InChI is InChI=1S/C19H21Cl2NO5/c1-4-22(19(25)26-3)16-12(8-9-14(20)15(16)21)18(24)13(10-27-5-2)17(23)11-6-7-11/h8-11H,4-7H2,1-3H3/b13-10-. The van der Waals surface area contributed by atoms with Crippen LogP contribution in [-0.4, -0.2) is 37.9 Å². The van der Waals surface area contributed by atoms with Gasteiger partial charge in [0.05, 0.1) is 35.7 Å². The summed E-state index contributed by atoms with van der Waals surface area (Å²) in [6.45, 7) is 3.95. The van der Waals surface area contributed by atoms with E-state index in [2.05, 4.69) is 0 Å². The lowest BCUT2D eigenvalue weighted by molar-refractivity contribution is -0.116. The molecule has 1 aromatic rings. The van der Waals surface area contributed by atoms with E-state index in [1.807, 2.05) is 0 Å². The van der Waals surface area contributed by atoms with Crippen molar-refractivity contribution in [3.63, 3.8) is 0 Å². The smallest absolute Gasteiger partial charge is 0.414 e. The van der Waals surface area contributed by atoms with Crippen LogP contribution >= 0.6 is 23.2 Å². The number of halogens is 2. The lowest BCUT2D eigenvalue weighted by Crippen LogP contribution is -2.32. The van der Waals surface area contributed by atoms with E-state index in [0.29, 0.717) is 6.61 Å². The Morgan fingerprint density at radius 3 is 2.41 bits per heavy atom. The van der Waals surface area contributed by atoms with Crippen molar-refractivity contribution in [3.8, 4) is 0 Å². The number of anilines is 1. The summed E-state index contributed by atoms with van der Waals surface area (Å²) < 4.78 is 9.99. The van der Waals surface area contributed by atoms with E-state index in [9.17, 15) is 14.4 Å². The lowest BCUT2D eigenvalue weighted by atomic mass is 9.97. The second-order valence-corrected chi connectivity index (χ2v) is 6.71. The molecule has 0 spiro atoms. The highest BCUT2D eigenvalue weighted by atomic mass is 35.5. The first kappa shape index (κ1) is 21.3. The van der Waals surface area contributed by atoms with Crippen molar-refractivity contribution < 1.29 is 23.9 Å². The van der Waals surface area contributed by atoms with Crippen molar-refractivity contribution in [2.75, 3.05) is 25.2 Å². The SMILES string of the molecule is CCO/C=C(\C(=O)c1ccc(Cl)c(Cl)c1N(CC)C(=O)OC)C(=O)C1CC1. The molecule has 1 aromatic carbocycles. The molecule has 2 rings (SSSR count). The zero-order valence-corrected chi connectivity index (χ0v) is 16.9. The summed E-state index contributed by atoms with van der Waals surface area (Å²) in [5.41, 5.74) is 0.117. The van der Waals surface area contributed by atoms with Crippen molar-refractivity contribution in [2.45, 2.75) is 26.7 Å². The zero-order chi connectivity index (χ0) is 20.1. The van der Waals surface area contributed by atoms with Gasteiger partial charge in [0.25, 0.3) is 0 Å². The Balaban J connectivity index is 2.58. The van der Waals surface area contributed by atoms with Gasteiger partial charge < -0.3 is 9.47 Å². The van der Waals surface area contributed by atoms with Crippen LogP contribution in [0.4, 0.5) is 10.5 Å². The van der Waals surface area contributed by atoms with Gasteiger partial charge >= 0.3 is 6.09 Å². The fourth-order valence-corrected chi connectivity index (χ4v) is 3.00. The topological polar surface area (TPSA) is 72.9 Å². The number of ether oxygens (including phenoxy) is 2. The molecule has 0 saturated heterocycles. The number of benzene rings is 1. The van der Waals surface area contributed by atoms with Gasteiger partial charge in [0.1, 0.15) is 5.57 Å². The van der Waals surface area contributed by atoms with Gasteiger partial charge in [0, 0.05) is 18.0 Å². The summed E-state index contributed by atoms with van der Waals surface area (Å²) in [6.07, 6.45) is 1.98. The number of nitrogens with zero attached hydrogens (tertiary/aromatic N) is 1. The minimum atomic E-state index is -0.695. The van der Waals surface area contributed by atoms with E-state index in [-0.39, 0.29) is 45.1 Å². The lowest BCUT2D eigenvalue weighted by Gasteiger charge is -2.24. The monoisotopic (exact) mass is 413 g/mol. The molecule has 0 aromatic heterocycles. The number of carbonyl (C=O) groups excluding carboxylic acids is 3. The molecule has 0 heterocycles. The van der Waals surface area contributed by atoms with Crippen LogP contribution in [0.15, 0.2) is 24.0 Å². The molecule has 1 fully saturated rings. The maximum Gasteiger partial charge on any atom is 0.414 e. The molecule has 146 valence electrons. The second kappa shape index (κ2) is 9.24. The number of hydrogen-bond acceptors (Lipinski definition) is 5. The Labute approximate surface area is 168 Å². The third-order valence-electron chi connectivity index (χ3n) is 4.12. The number of allylic oxidation sites excluding steroid dienone is 1. The van der Waals surface area contributed by atoms with Crippen LogP contribution in [0.1, 0.15) is 37.0 Å². The molecule has 0 atom stereocenters. The number of carbonyl (C=O) groups is 3. The largest absolute Gasteiger partial charge is 0.501 e. The van der Waals surface area contributed by atoms with E-state index >= 15 is 0 Å². The van der Waals surface area contributed by atoms with Crippen LogP contribution in [0.5, 0.6) is 0 Å². The average Bonchev–Trinajstić information content (AvgIpc) is 3.50. The molecule has 0 aliphatic heterocycles. The molecule has 1 saturated carbocycles. The third kappa shape index (κ3) is 4.62. The van der Waals surface area contributed by atoms with Gasteiger partial charge in [-0.1, -0.05) is 23.2 Å². The summed E-state index contributed by atoms with van der Waals surface area (Å²) in [4.78, 5) is 39.1. The minimum absolute atomic E-state index is 0.0318. The highest BCUT2D eigenvalue weighted by Gasteiger charge is 2.36. The van der Waals surface area contributed by atoms with Crippen molar-refractivity contribution in [1.29, 1.82) is 0 Å². The Hall–Kier alpha value is -2.05. The zero-order valence-electron chi connectivity index (χ0n) is 15.4. The van der Waals surface area contributed by atoms with Crippen LogP contribution in [0, 0.1) is 5.92 Å². The predicted molar refractivity (Wildman–Crippen MR) is 104 cm³/mol. The molecule has 8 heteroatoms. The molecular formula is C19H21Cl2NO5. The van der Waals surface area contributed by atoms with Gasteiger partial charge in [0.15, 0.2) is 5.78 Å². The first-order valence-corrected chi connectivity index (χ1v) is 9.37. The molecule has 0 radical (unpaired) electrons. The van der Waals surface area contributed by atoms with Gasteiger partial charge in [-0.05, 0) is 38.8 Å². The van der Waals surface area contributed by atoms with Crippen LogP contribution in [0.25, 0.3) is 0 Å². The number of methoxy groups -OCH3 is 1. The van der Waals surface area contributed by atoms with Crippen LogP contribution in [0.2, 0.25) is 10.0 Å². The molecule has 0 bridgehead atoms. The summed E-state index contributed by atoms with van der Waals surface area (Å²) in [5.74, 6) is -1.02. The fourth-order valence-electron chi connectivity index (χ4n) is 2.58. The van der Waals surface area contributed by atoms with Crippen molar-refractivity contribution in [3.05, 3.63) is 39.6 Å². The Kier molecular flexibility index (Phi) is 7.27. The van der Waals surface area contributed by atoms with E-state index in [1.165, 1.54) is 30.4 Å².